The van der Waals surface area contributed by atoms with E-state index >= 15 is 0 Å². The summed E-state index contributed by atoms with van der Waals surface area (Å²) in [6, 6.07) is 3.03. The molecule has 0 amide bonds. The number of nitrogens with zero attached hydrogens (tertiary/aromatic N) is 3. The van der Waals surface area contributed by atoms with E-state index in [2.05, 4.69) is 16.9 Å². The number of pyridine rings is 1. The summed E-state index contributed by atoms with van der Waals surface area (Å²) in [6.07, 6.45) is 0.990. The zero-order chi connectivity index (χ0) is 13.1. The molecule has 2 rings (SSSR count). The Morgan fingerprint density at radius 3 is 2.83 bits per heavy atom. The molecule has 0 saturated carbocycles. The Labute approximate surface area is 111 Å². The summed E-state index contributed by atoms with van der Waals surface area (Å²) in [5.41, 5.74) is 0.212. The van der Waals surface area contributed by atoms with Crippen molar-refractivity contribution in [2.75, 3.05) is 38.1 Å². The molecule has 0 aliphatic carbocycles. The second-order valence-corrected chi connectivity index (χ2v) is 4.84. The maximum atomic E-state index is 11.2. The third-order valence-corrected chi connectivity index (χ3v) is 3.30. The van der Waals surface area contributed by atoms with Crippen LogP contribution in [0.15, 0.2) is 12.1 Å². The van der Waals surface area contributed by atoms with Crippen molar-refractivity contribution in [1.82, 2.24) is 9.88 Å². The van der Waals surface area contributed by atoms with Crippen LogP contribution >= 0.6 is 11.6 Å². The third-order valence-electron chi connectivity index (χ3n) is 3.09. The van der Waals surface area contributed by atoms with Gasteiger partial charge in [0, 0.05) is 19.6 Å². The molecule has 1 N–H and O–H groups in total. The van der Waals surface area contributed by atoms with Crippen LogP contribution in [0.1, 0.15) is 16.8 Å². The normalized spacial score (nSPS) is 17.6. The van der Waals surface area contributed by atoms with Crippen molar-refractivity contribution < 1.29 is 9.90 Å². The largest absolute Gasteiger partial charge is 0.478 e. The van der Waals surface area contributed by atoms with E-state index in [9.17, 15) is 9.90 Å². The van der Waals surface area contributed by atoms with Gasteiger partial charge >= 0.3 is 5.97 Å². The van der Waals surface area contributed by atoms with Gasteiger partial charge in [0.25, 0.3) is 0 Å². The molecule has 1 aromatic heterocycles. The van der Waals surface area contributed by atoms with Crippen molar-refractivity contribution in [3.8, 4) is 0 Å². The number of carboxylic acid groups (broad SMARTS) is 1. The topological polar surface area (TPSA) is 56.7 Å². The maximum Gasteiger partial charge on any atom is 0.339 e. The van der Waals surface area contributed by atoms with Crippen LogP contribution in [-0.4, -0.2) is 54.2 Å². The highest BCUT2D eigenvalue weighted by Gasteiger charge is 2.20. The second kappa shape index (κ2) is 5.54. The number of hydrogen-bond donors (Lipinski definition) is 1. The molecule has 0 bridgehead atoms. The smallest absolute Gasteiger partial charge is 0.339 e. The molecule has 0 radical (unpaired) electrons. The van der Waals surface area contributed by atoms with Crippen molar-refractivity contribution in [2.24, 2.45) is 0 Å². The Hall–Kier alpha value is -1.33. The molecular weight excluding hydrogens is 254 g/mol. The van der Waals surface area contributed by atoms with E-state index in [-0.39, 0.29) is 5.56 Å². The van der Waals surface area contributed by atoms with E-state index in [4.69, 9.17) is 11.6 Å². The molecule has 1 saturated heterocycles. The fraction of sp³-hybridized carbons (Fsp3) is 0.500. The van der Waals surface area contributed by atoms with Gasteiger partial charge in [-0.3, -0.25) is 0 Å². The molecule has 0 atom stereocenters. The number of aromatic carboxylic acids is 1. The Balaban J connectivity index is 2.30. The van der Waals surface area contributed by atoms with Crippen LogP contribution in [0.5, 0.6) is 0 Å². The minimum Gasteiger partial charge on any atom is -0.478 e. The van der Waals surface area contributed by atoms with Gasteiger partial charge in [-0.15, -0.1) is 0 Å². The summed E-state index contributed by atoms with van der Waals surface area (Å²) >= 11 is 5.87. The van der Waals surface area contributed by atoms with Crippen LogP contribution in [0, 0.1) is 0 Å². The van der Waals surface area contributed by atoms with Crippen LogP contribution in [0.4, 0.5) is 5.82 Å². The highest BCUT2D eigenvalue weighted by atomic mass is 35.5. The molecule has 0 aromatic carbocycles. The van der Waals surface area contributed by atoms with Gasteiger partial charge in [0.1, 0.15) is 16.5 Å². The van der Waals surface area contributed by atoms with Crippen LogP contribution in [0.25, 0.3) is 0 Å². The summed E-state index contributed by atoms with van der Waals surface area (Å²) in [6.45, 7) is 3.48. The SMILES string of the molecule is CN1CCCN(c2nc(Cl)ccc2C(=O)O)CC1. The number of aromatic nitrogens is 1. The van der Waals surface area contributed by atoms with E-state index in [1.165, 1.54) is 12.1 Å². The van der Waals surface area contributed by atoms with Gasteiger partial charge in [-0.05, 0) is 32.1 Å². The molecule has 1 fully saturated rings. The van der Waals surface area contributed by atoms with Crippen molar-refractivity contribution in [2.45, 2.75) is 6.42 Å². The van der Waals surface area contributed by atoms with Gasteiger partial charge in [-0.2, -0.15) is 0 Å². The lowest BCUT2D eigenvalue weighted by Crippen LogP contribution is -2.30. The summed E-state index contributed by atoms with van der Waals surface area (Å²) < 4.78 is 0. The number of rotatable bonds is 2. The number of halogens is 1. The van der Waals surface area contributed by atoms with Crippen molar-refractivity contribution in [3.63, 3.8) is 0 Å². The average molecular weight is 270 g/mol. The fourth-order valence-corrected chi connectivity index (χ4v) is 2.23. The Kier molecular flexibility index (Phi) is 4.04. The Morgan fingerprint density at radius 2 is 2.11 bits per heavy atom. The summed E-state index contributed by atoms with van der Waals surface area (Å²) in [5, 5.41) is 9.52. The number of anilines is 1. The lowest BCUT2D eigenvalue weighted by molar-refractivity contribution is 0.0697. The second-order valence-electron chi connectivity index (χ2n) is 4.45. The first-order valence-electron chi connectivity index (χ1n) is 5.91. The van der Waals surface area contributed by atoms with Gasteiger partial charge in [0.15, 0.2) is 0 Å². The van der Waals surface area contributed by atoms with Crippen LogP contribution < -0.4 is 4.90 Å². The summed E-state index contributed by atoms with van der Waals surface area (Å²) in [7, 11) is 2.06. The average Bonchev–Trinajstić information content (AvgIpc) is 2.53. The zero-order valence-electron chi connectivity index (χ0n) is 10.3. The summed E-state index contributed by atoms with van der Waals surface area (Å²) in [4.78, 5) is 19.6. The predicted molar refractivity (Wildman–Crippen MR) is 70.5 cm³/mol. The number of hydrogen-bond acceptors (Lipinski definition) is 4. The molecule has 1 aliphatic rings. The quantitative estimate of drug-likeness (QED) is 0.826. The first-order chi connectivity index (χ1) is 8.58. The van der Waals surface area contributed by atoms with Gasteiger partial charge in [-0.25, -0.2) is 9.78 Å². The Bertz CT molecular complexity index is 453. The Morgan fingerprint density at radius 1 is 1.33 bits per heavy atom. The van der Waals surface area contributed by atoms with Gasteiger partial charge in [0.2, 0.25) is 0 Å². The number of carboxylic acids is 1. The molecule has 0 unspecified atom stereocenters. The van der Waals surface area contributed by atoms with Crippen LogP contribution in [0.2, 0.25) is 5.15 Å². The van der Waals surface area contributed by atoms with Crippen molar-refractivity contribution in [1.29, 1.82) is 0 Å². The molecule has 1 aliphatic heterocycles. The number of carbonyl (C=O) groups is 1. The highest BCUT2D eigenvalue weighted by molar-refractivity contribution is 6.29. The van der Waals surface area contributed by atoms with E-state index in [1.54, 1.807) is 0 Å². The van der Waals surface area contributed by atoms with Crippen LogP contribution in [0.3, 0.4) is 0 Å². The van der Waals surface area contributed by atoms with E-state index in [0.717, 1.165) is 32.6 Å². The lowest BCUT2D eigenvalue weighted by atomic mass is 10.2. The van der Waals surface area contributed by atoms with Gasteiger partial charge < -0.3 is 14.9 Å². The zero-order valence-corrected chi connectivity index (χ0v) is 11.0. The molecule has 0 spiro atoms. The lowest BCUT2D eigenvalue weighted by Gasteiger charge is -2.23. The van der Waals surface area contributed by atoms with Gasteiger partial charge in [0.05, 0.1) is 0 Å². The highest BCUT2D eigenvalue weighted by Crippen LogP contribution is 2.22. The van der Waals surface area contributed by atoms with Crippen LogP contribution in [-0.2, 0) is 0 Å². The first-order valence-corrected chi connectivity index (χ1v) is 6.29. The molecule has 18 heavy (non-hydrogen) atoms. The van der Waals surface area contributed by atoms with E-state index in [0.29, 0.717) is 11.0 Å². The predicted octanol–water partition coefficient (Wildman–Crippen LogP) is 1.58. The van der Waals surface area contributed by atoms with E-state index < -0.39 is 5.97 Å². The molecule has 98 valence electrons. The van der Waals surface area contributed by atoms with Crippen molar-refractivity contribution >= 4 is 23.4 Å². The molecule has 1 aromatic rings. The monoisotopic (exact) mass is 269 g/mol. The molecular formula is C12H16ClN3O2. The standard InChI is InChI=1S/C12H16ClN3O2/c1-15-5-2-6-16(8-7-15)11-9(12(17)18)3-4-10(13)14-11/h3-4H,2,5-8H2,1H3,(H,17,18). The van der Waals surface area contributed by atoms with E-state index in [1.807, 2.05) is 4.90 Å². The molecule has 6 heteroatoms. The third kappa shape index (κ3) is 2.91. The minimum absolute atomic E-state index is 0.212. The maximum absolute atomic E-state index is 11.2. The fourth-order valence-electron chi connectivity index (χ4n) is 2.09. The molecule has 5 nitrogen and oxygen atoms in total. The first kappa shape index (κ1) is 13.1. The van der Waals surface area contributed by atoms with Crippen molar-refractivity contribution in [3.05, 3.63) is 22.8 Å². The summed E-state index contributed by atoms with van der Waals surface area (Å²) in [5.74, 6) is -0.489. The minimum atomic E-state index is -0.966. The molecule has 2 heterocycles. The van der Waals surface area contributed by atoms with Gasteiger partial charge in [-0.1, -0.05) is 11.6 Å². The number of likely N-dealkylation sites (N-methyl/N-ethyl adjacent to an activating group) is 1.